The maximum Gasteiger partial charge on any atom is 0.162 e. The molecule has 4 heterocycles. The van der Waals surface area contributed by atoms with Gasteiger partial charge < -0.3 is 19.6 Å². The van der Waals surface area contributed by atoms with Crippen LogP contribution in [-0.2, 0) is 6.42 Å². The van der Waals surface area contributed by atoms with E-state index < -0.39 is 0 Å². The highest BCUT2D eigenvalue weighted by Gasteiger charge is 2.50. The molecular formula is C21H28N2O3. The van der Waals surface area contributed by atoms with Crippen LogP contribution in [0.25, 0.3) is 10.9 Å². The van der Waals surface area contributed by atoms with Crippen molar-refractivity contribution in [3.05, 3.63) is 23.4 Å². The molecule has 6 unspecified atom stereocenters. The highest BCUT2D eigenvalue weighted by molar-refractivity contribution is 5.88. The number of H-pyrrole nitrogens is 1. The van der Waals surface area contributed by atoms with Crippen LogP contribution in [0.4, 0.5) is 0 Å². The number of piperidine rings is 2. The maximum atomic E-state index is 10.4. The molecule has 1 aliphatic carbocycles. The molecule has 3 fully saturated rings. The Balaban J connectivity index is 1.66. The molecule has 6 rings (SSSR count). The molecule has 2 aromatic rings. The first kappa shape index (κ1) is 16.5. The van der Waals surface area contributed by atoms with Crippen molar-refractivity contribution >= 4 is 10.9 Å². The van der Waals surface area contributed by atoms with Crippen LogP contribution in [0.15, 0.2) is 12.1 Å². The Bertz CT molecular complexity index is 843. The lowest BCUT2D eigenvalue weighted by Gasteiger charge is -2.54. The maximum absolute atomic E-state index is 10.4. The number of rotatable bonds is 3. The van der Waals surface area contributed by atoms with E-state index in [0.717, 1.165) is 30.0 Å². The number of aliphatic hydroxyl groups excluding tert-OH is 1. The third kappa shape index (κ3) is 2.23. The summed E-state index contributed by atoms with van der Waals surface area (Å²) in [7, 11) is 3.38. The number of ether oxygens (including phenoxy) is 2. The normalized spacial score (nSPS) is 33.6. The summed E-state index contributed by atoms with van der Waals surface area (Å²) in [5.74, 6) is 3.13. The first-order valence-corrected chi connectivity index (χ1v) is 9.79. The first-order chi connectivity index (χ1) is 12.6. The number of hydrogen-bond acceptors (Lipinski definition) is 4. The molecular weight excluding hydrogens is 328 g/mol. The first-order valence-electron chi connectivity index (χ1n) is 9.79. The summed E-state index contributed by atoms with van der Waals surface area (Å²) >= 11 is 0. The average molecular weight is 356 g/mol. The van der Waals surface area contributed by atoms with E-state index in [9.17, 15) is 5.11 Å². The van der Waals surface area contributed by atoms with Gasteiger partial charge in [0, 0.05) is 53.6 Å². The van der Waals surface area contributed by atoms with Crippen LogP contribution in [0.3, 0.4) is 0 Å². The molecule has 1 aromatic carbocycles. The Hall–Kier alpha value is -1.72. The molecule has 2 N–H and O–H groups in total. The number of aromatic nitrogens is 1. The molecule has 3 aliphatic heterocycles. The second-order valence-corrected chi connectivity index (χ2v) is 8.35. The molecule has 0 radical (unpaired) electrons. The zero-order chi connectivity index (χ0) is 18.0. The predicted octanol–water partition coefficient (Wildman–Crippen LogP) is 2.92. The molecule has 5 nitrogen and oxygen atoms in total. The van der Waals surface area contributed by atoms with Gasteiger partial charge in [0.1, 0.15) is 0 Å². The SMILES string of the molecule is COc1cc2[nH]c3c(c2cc1OC)CCN1CC2CC3C1C(C(C)O)C2. The Morgan fingerprint density at radius 1 is 1.19 bits per heavy atom. The highest BCUT2D eigenvalue weighted by Crippen LogP contribution is 2.51. The van der Waals surface area contributed by atoms with E-state index in [0.29, 0.717) is 23.8 Å². The van der Waals surface area contributed by atoms with Crippen LogP contribution >= 0.6 is 0 Å². The lowest BCUT2D eigenvalue weighted by atomic mass is 9.64. The minimum absolute atomic E-state index is 0.237. The third-order valence-electron chi connectivity index (χ3n) is 7.04. The molecule has 5 heteroatoms. The number of nitrogens with one attached hydrogen (secondary N) is 1. The predicted molar refractivity (Wildman–Crippen MR) is 101 cm³/mol. The molecule has 26 heavy (non-hydrogen) atoms. The fraction of sp³-hybridized carbons (Fsp3) is 0.619. The number of aromatic amines is 1. The molecule has 2 saturated heterocycles. The number of hydrogen-bond donors (Lipinski definition) is 2. The summed E-state index contributed by atoms with van der Waals surface area (Å²) in [5.41, 5.74) is 3.96. The summed E-state index contributed by atoms with van der Waals surface area (Å²) in [6, 6.07) is 4.64. The molecule has 1 aromatic heterocycles. The summed E-state index contributed by atoms with van der Waals surface area (Å²) in [6.07, 6.45) is 3.22. The van der Waals surface area contributed by atoms with Crippen molar-refractivity contribution < 1.29 is 14.6 Å². The molecule has 4 bridgehead atoms. The lowest BCUT2D eigenvalue weighted by molar-refractivity contribution is -0.0580. The standard InChI is InChI=1S/C21H28N2O3/c1-11(24)14-6-12-7-16-20-13(4-5-23(10-12)21(14)16)15-8-18(25-2)19(26-3)9-17(15)22-20/h8-9,11-12,14,16,21-22,24H,4-7,10H2,1-3H3. The Morgan fingerprint density at radius 3 is 2.69 bits per heavy atom. The van der Waals surface area contributed by atoms with Gasteiger partial charge in [-0.05, 0) is 43.7 Å². The van der Waals surface area contributed by atoms with Gasteiger partial charge >= 0.3 is 0 Å². The van der Waals surface area contributed by atoms with Crippen molar-refractivity contribution in [2.45, 2.75) is 44.2 Å². The number of methoxy groups -OCH3 is 2. The quantitative estimate of drug-likeness (QED) is 0.888. The van der Waals surface area contributed by atoms with E-state index in [2.05, 4.69) is 22.0 Å². The van der Waals surface area contributed by atoms with E-state index in [4.69, 9.17) is 9.47 Å². The van der Waals surface area contributed by atoms with E-state index in [-0.39, 0.29) is 6.10 Å². The van der Waals surface area contributed by atoms with Crippen molar-refractivity contribution in [1.82, 2.24) is 9.88 Å². The van der Waals surface area contributed by atoms with Crippen LogP contribution < -0.4 is 9.47 Å². The van der Waals surface area contributed by atoms with Gasteiger partial charge in [-0.15, -0.1) is 0 Å². The second kappa shape index (κ2) is 5.89. The van der Waals surface area contributed by atoms with Gasteiger partial charge in [0.2, 0.25) is 0 Å². The summed E-state index contributed by atoms with van der Waals surface area (Å²) < 4.78 is 11.0. The molecule has 0 spiro atoms. The van der Waals surface area contributed by atoms with Crippen molar-refractivity contribution in [1.29, 1.82) is 0 Å². The highest BCUT2D eigenvalue weighted by atomic mass is 16.5. The number of nitrogens with zero attached hydrogens (tertiary/aromatic N) is 1. The Labute approximate surface area is 154 Å². The van der Waals surface area contributed by atoms with Crippen molar-refractivity contribution in [3.8, 4) is 11.5 Å². The fourth-order valence-corrected chi connectivity index (χ4v) is 6.00. The molecule has 6 atom stereocenters. The topological polar surface area (TPSA) is 57.7 Å². The zero-order valence-electron chi connectivity index (χ0n) is 15.8. The monoisotopic (exact) mass is 356 g/mol. The van der Waals surface area contributed by atoms with Crippen LogP contribution in [0.2, 0.25) is 0 Å². The molecule has 0 amide bonds. The van der Waals surface area contributed by atoms with Gasteiger partial charge in [-0.3, -0.25) is 4.90 Å². The van der Waals surface area contributed by atoms with Crippen LogP contribution in [0.5, 0.6) is 11.5 Å². The van der Waals surface area contributed by atoms with Crippen molar-refractivity contribution in [2.75, 3.05) is 27.3 Å². The van der Waals surface area contributed by atoms with Gasteiger partial charge in [0.25, 0.3) is 0 Å². The van der Waals surface area contributed by atoms with Crippen molar-refractivity contribution in [2.24, 2.45) is 11.8 Å². The lowest BCUT2D eigenvalue weighted by Crippen LogP contribution is -2.58. The van der Waals surface area contributed by atoms with Gasteiger partial charge in [0.15, 0.2) is 11.5 Å². The fourth-order valence-electron chi connectivity index (χ4n) is 6.00. The van der Waals surface area contributed by atoms with E-state index >= 15 is 0 Å². The van der Waals surface area contributed by atoms with Gasteiger partial charge in [-0.25, -0.2) is 0 Å². The van der Waals surface area contributed by atoms with Crippen LogP contribution in [0.1, 0.15) is 36.9 Å². The summed E-state index contributed by atoms with van der Waals surface area (Å²) in [5, 5.41) is 11.7. The van der Waals surface area contributed by atoms with Gasteiger partial charge in [-0.2, -0.15) is 0 Å². The molecule has 1 saturated carbocycles. The molecule has 140 valence electrons. The number of benzene rings is 1. The second-order valence-electron chi connectivity index (χ2n) is 8.35. The van der Waals surface area contributed by atoms with Crippen LogP contribution in [-0.4, -0.2) is 54.4 Å². The van der Waals surface area contributed by atoms with E-state index in [1.54, 1.807) is 14.2 Å². The minimum Gasteiger partial charge on any atom is -0.493 e. The largest absolute Gasteiger partial charge is 0.493 e. The Kier molecular flexibility index (Phi) is 3.73. The zero-order valence-corrected chi connectivity index (χ0v) is 15.8. The van der Waals surface area contributed by atoms with Crippen molar-refractivity contribution in [3.63, 3.8) is 0 Å². The summed E-state index contributed by atoms with van der Waals surface area (Å²) in [6.45, 7) is 4.25. The third-order valence-corrected chi connectivity index (χ3v) is 7.04. The number of fused-ring (bicyclic) bond motifs is 4. The number of aliphatic hydroxyl groups is 1. The average Bonchev–Trinajstić information content (AvgIpc) is 2.97. The smallest absolute Gasteiger partial charge is 0.162 e. The molecule has 4 aliphatic rings. The summed E-state index contributed by atoms with van der Waals surface area (Å²) in [4.78, 5) is 6.39. The van der Waals surface area contributed by atoms with Gasteiger partial charge in [0.05, 0.1) is 20.3 Å². The van der Waals surface area contributed by atoms with E-state index in [1.165, 1.54) is 36.0 Å². The van der Waals surface area contributed by atoms with E-state index in [1.807, 2.05) is 6.92 Å². The minimum atomic E-state index is -0.237. The Morgan fingerprint density at radius 2 is 1.96 bits per heavy atom. The van der Waals surface area contributed by atoms with Gasteiger partial charge in [-0.1, -0.05) is 0 Å². The van der Waals surface area contributed by atoms with Crippen LogP contribution in [0, 0.1) is 11.8 Å².